The first-order chi connectivity index (χ1) is 13.9. The van der Waals surface area contributed by atoms with Crippen LogP contribution in [0.2, 0.25) is 18.1 Å². The van der Waals surface area contributed by atoms with Crippen LogP contribution in [0.4, 0.5) is 5.69 Å². The third-order valence-corrected chi connectivity index (χ3v) is 10.2. The summed E-state index contributed by atoms with van der Waals surface area (Å²) in [6.45, 7) is 25.8. The Bertz CT molecular complexity index is 956. The van der Waals surface area contributed by atoms with E-state index < -0.39 is 8.32 Å². The predicted octanol–water partition coefficient (Wildman–Crippen LogP) is 6.55. The molecule has 0 aliphatic rings. The quantitative estimate of drug-likeness (QED) is 0.373. The first-order valence-corrected chi connectivity index (χ1v) is 13.1. The van der Waals surface area contributed by atoms with Crippen molar-refractivity contribution in [3.8, 4) is 17.6 Å². The van der Waals surface area contributed by atoms with Gasteiger partial charge in [0.15, 0.2) is 19.8 Å². The molecule has 0 amide bonds. The molecule has 160 valence electrons. The van der Waals surface area contributed by atoms with Gasteiger partial charge in [0.2, 0.25) is 0 Å². The lowest BCUT2D eigenvalue weighted by atomic mass is 10.1. The lowest BCUT2D eigenvalue weighted by Crippen LogP contribution is -2.41. The molecule has 0 N–H and O–H groups in total. The molecule has 0 saturated carbocycles. The zero-order valence-corrected chi connectivity index (χ0v) is 20.3. The maximum absolute atomic E-state index is 9.23. The van der Waals surface area contributed by atoms with Gasteiger partial charge in [-0.3, -0.25) is 4.68 Å². The van der Waals surface area contributed by atoms with E-state index in [2.05, 4.69) is 58.6 Å². The van der Waals surface area contributed by atoms with Crippen molar-refractivity contribution >= 4 is 14.0 Å². The van der Waals surface area contributed by atoms with Gasteiger partial charge in [-0.2, -0.15) is 10.4 Å². The number of rotatable bonds is 7. The van der Waals surface area contributed by atoms with E-state index in [-0.39, 0.29) is 11.0 Å². The predicted molar refractivity (Wildman–Crippen MR) is 122 cm³/mol. The summed E-state index contributed by atoms with van der Waals surface area (Å²) in [5.74, 6) is 1.33. The molecule has 0 aliphatic heterocycles. The number of aromatic nitrogens is 2. The molecule has 7 heteroatoms. The first-order valence-electron chi connectivity index (χ1n) is 10.2. The van der Waals surface area contributed by atoms with Gasteiger partial charge in [-0.25, -0.2) is 4.85 Å². The summed E-state index contributed by atoms with van der Waals surface area (Å²) in [6.07, 6.45) is 0. The molecular formula is C23H32N4O2Si. The van der Waals surface area contributed by atoms with Crippen LogP contribution in [0.5, 0.6) is 11.5 Å². The normalized spacial score (nSPS) is 12.0. The van der Waals surface area contributed by atoms with Crippen molar-refractivity contribution in [3.05, 3.63) is 46.6 Å². The second-order valence-corrected chi connectivity index (χ2v) is 14.1. The molecule has 0 radical (unpaired) electrons. The third-order valence-electron chi connectivity index (χ3n) is 5.67. The molecule has 0 saturated heterocycles. The molecule has 0 aliphatic carbocycles. The van der Waals surface area contributed by atoms with Crippen molar-refractivity contribution in [3.63, 3.8) is 0 Å². The molecule has 0 atom stereocenters. The number of benzene rings is 1. The molecule has 1 aromatic heterocycles. The summed E-state index contributed by atoms with van der Waals surface area (Å²) in [7, 11) is -1.82. The fourth-order valence-electron chi connectivity index (χ4n) is 2.77. The number of hydrogen-bond acceptors (Lipinski definition) is 4. The Balaban J connectivity index is 2.29. The van der Waals surface area contributed by atoms with E-state index in [1.807, 2.05) is 11.6 Å². The van der Waals surface area contributed by atoms with Crippen molar-refractivity contribution in [1.82, 2.24) is 9.78 Å². The maximum Gasteiger partial charge on any atom is 0.192 e. The highest BCUT2D eigenvalue weighted by Gasteiger charge is 2.37. The Morgan fingerprint density at radius 2 is 1.93 bits per heavy atom. The minimum absolute atomic E-state index is 0.163. The molecule has 0 unspecified atom stereocenters. The van der Waals surface area contributed by atoms with Gasteiger partial charge in [0.05, 0.1) is 31.5 Å². The largest absolute Gasteiger partial charge is 0.455 e. The van der Waals surface area contributed by atoms with Crippen molar-refractivity contribution in [1.29, 1.82) is 5.26 Å². The number of nitrogens with zero attached hydrogens (tertiary/aromatic N) is 4. The monoisotopic (exact) mass is 424 g/mol. The lowest BCUT2D eigenvalue weighted by molar-refractivity contribution is 0.264. The molecule has 0 bridgehead atoms. The molecule has 1 aromatic carbocycles. The zero-order valence-electron chi connectivity index (χ0n) is 19.3. The van der Waals surface area contributed by atoms with E-state index in [0.29, 0.717) is 35.9 Å². The standard InChI is InChI=1S/C23H32N4O2Si/c1-16(2)21-22(29-20-13-18(15-24)12-19(14-20)25-7)17(3)27(26-21)10-11-28-30(8,9)23(4,5)6/h12-14,16H,10-11H2,1-6,8-9H3. The van der Waals surface area contributed by atoms with E-state index in [0.717, 1.165) is 11.4 Å². The Labute approximate surface area is 181 Å². The number of nitriles is 1. The Morgan fingerprint density at radius 1 is 1.27 bits per heavy atom. The van der Waals surface area contributed by atoms with Crippen LogP contribution in [0.1, 0.15) is 57.5 Å². The second-order valence-electron chi connectivity index (χ2n) is 9.33. The molecular weight excluding hydrogens is 392 g/mol. The molecule has 0 spiro atoms. The maximum atomic E-state index is 9.23. The molecule has 1 heterocycles. The average molecular weight is 425 g/mol. The first kappa shape index (κ1) is 23.7. The summed E-state index contributed by atoms with van der Waals surface area (Å²) >= 11 is 0. The Hall–Kier alpha value is -2.61. The minimum atomic E-state index is -1.82. The fraction of sp³-hybridized carbons (Fsp3) is 0.522. The van der Waals surface area contributed by atoms with E-state index >= 15 is 0 Å². The van der Waals surface area contributed by atoms with Gasteiger partial charge in [0.25, 0.3) is 0 Å². The highest BCUT2D eigenvalue weighted by molar-refractivity contribution is 6.74. The van der Waals surface area contributed by atoms with E-state index in [1.54, 1.807) is 18.2 Å². The second kappa shape index (κ2) is 9.03. The lowest BCUT2D eigenvalue weighted by Gasteiger charge is -2.36. The fourth-order valence-corrected chi connectivity index (χ4v) is 3.80. The van der Waals surface area contributed by atoms with Crippen LogP contribution in [0.25, 0.3) is 4.85 Å². The Kier molecular flexibility index (Phi) is 7.13. The van der Waals surface area contributed by atoms with Crippen LogP contribution in [0.3, 0.4) is 0 Å². The minimum Gasteiger partial charge on any atom is -0.455 e. The van der Waals surface area contributed by atoms with Crippen LogP contribution < -0.4 is 4.74 Å². The van der Waals surface area contributed by atoms with Crippen LogP contribution >= 0.6 is 0 Å². The van der Waals surface area contributed by atoms with Crippen molar-refractivity contribution in [2.75, 3.05) is 6.61 Å². The SMILES string of the molecule is [C-]#[N+]c1cc(C#N)cc(Oc2c(C(C)C)nn(CCO[Si](C)(C)C(C)(C)C)c2C)c1. The summed E-state index contributed by atoms with van der Waals surface area (Å²) < 4.78 is 14.4. The molecule has 30 heavy (non-hydrogen) atoms. The van der Waals surface area contributed by atoms with Gasteiger partial charge in [0, 0.05) is 11.5 Å². The van der Waals surface area contributed by atoms with Gasteiger partial charge in [-0.1, -0.05) is 34.6 Å². The molecule has 6 nitrogen and oxygen atoms in total. The summed E-state index contributed by atoms with van der Waals surface area (Å²) in [4.78, 5) is 3.44. The van der Waals surface area contributed by atoms with Crippen molar-refractivity contribution in [2.45, 2.75) is 72.1 Å². The highest BCUT2D eigenvalue weighted by atomic mass is 28.4. The topological polar surface area (TPSA) is 64.4 Å². The van der Waals surface area contributed by atoms with Gasteiger partial charge in [-0.15, -0.1) is 0 Å². The van der Waals surface area contributed by atoms with Crippen LogP contribution in [-0.2, 0) is 11.0 Å². The van der Waals surface area contributed by atoms with Gasteiger partial charge in [0.1, 0.15) is 11.4 Å². The molecule has 0 fully saturated rings. The van der Waals surface area contributed by atoms with E-state index in [9.17, 15) is 5.26 Å². The van der Waals surface area contributed by atoms with Gasteiger partial charge < -0.3 is 9.16 Å². The molecule has 2 aromatic rings. The van der Waals surface area contributed by atoms with Crippen LogP contribution in [0, 0.1) is 24.8 Å². The van der Waals surface area contributed by atoms with E-state index in [1.165, 1.54) is 0 Å². The van der Waals surface area contributed by atoms with Crippen molar-refractivity contribution in [2.24, 2.45) is 0 Å². The van der Waals surface area contributed by atoms with Crippen LogP contribution in [0.15, 0.2) is 18.2 Å². The Morgan fingerprint density at radius 3 is 2.47 bits per heavy atom. The highest BCUT2D eigenvalue weighted by Crippen LogP contribution is 2.37. The van der Waals surface area contributed by atoms with Gasteiger partial charge in [-0.05, 0) is 43.3 Å². The number of hydrogen-bond donors (Lipinski definition) is 0. The number of ether oxygens (including phenoxy) is 1. The van der Waals surface area contributed by atoms with Gasteiger partial charge >= 0.3 is 0 Å². The van der Waals surface area contributed by atoms with Crippen molar-refractivity contribution < 1.29 is 9.16 Å². The zero-order chi connectivity index (χ0) is 22.7. The summed E-state index contributed by atoms with van der Waals surface area (Å²) in [6, 6.07) is 6.93. The summed E-state index contributed by atoms with van der Waals surface area (Å²) in [5, 5.41) is 14.2. The molecule has 2 rings (SSSR count). The van der Waals surface area contributed by atoms with E-state index in [4.69, 9.17) is 20.8 Å². The van der Waals surface area contributed by atoms with Crippen LogP contribution in [-0.4, -0.2) is 24.7 Å². The summed E-state index contributed by atoms with van der Waals surface area (Å²) in [5.41, 5.74) is 2.54. The third kappa shape index (κ3) is 5.30. The smallest absolute Gasteiger partial charge is 0.192 e. The average Bonchev–Trinajstić information content (AvgIpc) is 2.96.